The number of hydrogen-bond acceptors (Lipinski definition) is 4. The number of benzene rings is 4. The number of halogens is 2. The summed E-state index contributed by atoms with van der Waals surface area (Å²) in [6.45, 7) is 8.92. The third kappa shape index (κ3) is 8.95. The van der Waals surface area contributed by atoms with E-state index < -0.39 is 28.5 Å². The van der Waals surface area contributed by atoms with Gasteiger partial charge >= 0.3 is 0 Å². The molecule has 4 aromatic rings. The summed E-state index contributed by atoms with van der Waals surface area (Å²) < 4.78 is 29.8. The highest BCUT2D eigenvalue weighted by molar-refractivity contribution is 7.92. The highest BCUT2D eigenvalue weighted by atomic mass is 35.5. The van der Waals surface area contributed by atoms with Gasteiger partial charge in [0.1, 0.15) is 12.6 Å². The summed E-state index contributed by atoms with van der Waals surface area (Å²) in [6.07, 6.45) is 0.907. The molecule has 4 aromatic carbocycles. The minimum atomic E-state index is -4.20. The minimum Gasteiger partial charge on any atom is -0.352 e. The number of nitrogens with one attached hydrogen (secondary N) is 1. The summed E-state index contributed by atoms with van der Waals surface area (Å²) in [5.41, 5.74) is 4.38. The van der Waals surface area contributed by atoms with Crippen molar-refractivity contribution in [1.82, 2.24) is 10.2 Å². The molecule has 0 aliphatic carbocycles. The number of hydrogen-bond donors (Lipinski definition) is 1. The van der Waals surface area contributed by atoms with Crippen molar-refractivity contribution in [2.75, 3.05) is 10.8 Å². The van der Waals surface area contributed by atoms with Gasteiger partial charge in [-0.1, -0.05) is 96.4 Å². The Morgan fingerprint density at radius 2 is 1.51 bits per heavy atom. The molecule has 1 N–H and O–H groups in total. The van der Waals surface area contributed by atoms with Crippen molar-refractivity contribution < 1.29 is 18.0 Å². The van der Waals surface area contributed by atoms with Crippen LogP contribution in [0.5, 0.6) is 0 Å². The van der Waals surface area contributed by atoms with Crippen molar-refractivity contribution in [3.63, 3.8) is 0 Å². The topological polar surface area (TPSA) is 86.8 Å². The molecule has 4 rings (SSSR count). The molecule has 10 heteroatoms. The summed E-state index contributed by atoms with van der Waals surface area (Å²) in [6, 6.07) is 25.2. The first kappa shape index (κ1) is 36.0. The number of carbonyl (C=O) groups is 2. The Balaban J connectivity index is 1.85. The monoisotopic (exact) mass is 693 g/mol. The minimum absolute atomic E-state index is 0.00757. The van der Waals surface area contributed by atoms with Gasteiger partial charge in [0.25, 0.3) is 10.0 Å². The predicted molar refractivity (Wildman–Crippen MR) is 190 cm³/mol. The molecule has 248 valence electrons. The average Bonchev–Trinajstić information content (AvgIpc) is 3.05. The van der Waals surface area contributed by atoms with E-state index in [2.05, 4.69) is 5.32 Å². The van der Waals surface area contributed by atoms with Gasteiger partial charge in [-0.25, -0.2) is 8.42 Å². The van der Waals surface area contributed by atoms with E-state index in [1.54, 1.807) is 54.6 Å². The first-order chi connectivity index (χ1) is 22.3. The molecule has 47 heavy (non-hydrogen) atoms. The van der Waals surface area contributed by atoms with Crippen molar-refractivity contribution >= 4 is 50.7 Å². The third-order valence-electron chi connectivity index (χ3n) is 8.34. The lowest BCUT2D eigenvalue weighted by atomic mass is 10.0. The molecule has 0 fully saturated rings. The molecule has 0 aliphatic rings. The van der Waals surface area contributed by atoms with E-state index >= 15 is 0 Å². The van der Waals surface area contributed by atoms with Crippen LogP contribution in [0.1, 0.15) is 48.1 Å². The molecule has 0 saturated heterocycles. The maximum atomic E-state index is 14.7. The van der Waals surface area contributed by atoms with Gasteiger partial charge < -0.3 is 10.2 Å². The summed E-state index contributed by atoms with van der Waals surface area (Å²) in [5.74, 6) is -0.885. The summed E-state index contributed by atoms with van der Waals surface area (Å²) >= 11 is 12.6. The number of anilines is 1. The smallest absolute Gasteiger partial charge is 0.264 e. The van der Waals surface area contributed by atoms with Crippen molar-refractivity contribution in [2.24, 2.45) is 0 Å². The molecule has 0 heterocycles. The van der Waals surface area contributed by atoms with Crippen LogP contribution in [-0.2, 0) is 32.6 Å². The van der Waals surface area contributed by atoms with E-state index in [4.69, 9.17) is 23.2 Å². The zero-order valence-corrected chi connectivity index (χ0v) is 29.7. The van der Waals surface area contributed by atoms with E-state index in [9.17, 15) is 18.0 Å². The van der Waals surface area contributed by atoms with Gasteiger partial charge in [-0.15, -0.1) is 0 Å². The second-order valence-electron chi connectivity index (χ2n) is 11.8. The summed E-state index contributed by atoms with van der Waals surface area (Å²) in [4.78, 5) is 30.2. The van der Waals surface area contributed by atoms with Crippen LogP contribution in [-0.4, -0.2) is 43.8 Å². The van der Waals surface area contributed by atoms with E-state index in [0.717, 1.165) is 26.6 Å². The molecule has 0 saturated carbocycles. The first-order valence-electron chi connectivity index (χ1n) is 15.5. The lowest BCUT2D eigenvalue weighted by Gasteiger charge is -2.34. The normalized spacial score (nSPS) is 12.7. The SMILES string of the molecule is CC[C@@H](C)NC(=O)[C@@H](Cc1ccccc1)N(Cc1ccc(Cl)c(Cl)c1)C(=O)CN(c1cccc(C)c1C)S(=O)(=O)c1ccc(C)cc1. The van der Waals surface area contributed by atoms with Crippen LogP contribution in [0.2, 0.25) is 10.0 Å². The van der Waals surface area contributed by atoms with Crippen LogP contribution in [0.4, 0.5) is 5.69 Å². The number of aryl methyl sites for hydroxylation is 2. The third-order valence-corrected chi connectivity index (χ3v) is 10.9. The summed E-state index contributed by atoms with van der Waals surface area (Å²) in [5, 5.41) is 3.70. The molecule has 0 aromatic heterocycles. The fourth-order valence-electron chi connectivity index (χ4n) is 5.19. The standard InChI is InChI=1S/C37H41Cl2N3O4S/c1-6-27(4)40-37(44)35(22-29-12-8-7-9-13-29)41(23-30-17-20-32(38)33(39)21-30)36(43)24-42(34-14-10-11-26(3)28(34)5)47(45,46)31-18-15-25(2)16-19-31/h7-21,27,35H,6,22-24H2,1-5H3,(H,40,44)/t27-,35-/m1/s1. The average molecular weight is 695 g/mol. The number of rotatable bonds is 13. The fourth-order valence-corrected chi connectivity index (χ4v) is 6.98. The molecule has 0 bridgehead atoms. The van der Waals surface area contributed by atoms with Gasteiger partial charge in [-0.2, -0.15) is 0 Å². The van der Waals surface area contributed by atoms with E-state index in [-0.39, 0.29) is 29.8 Å². The Morgan fingerprint density at radius 3 is 2.15 bits per heavy atom. The van der Waals surface area contributed by atoms with E-state index in [1.807, 2.05) is 71.0 Å². The Hall–Kier alpha value is -3.85. The fraction of sp³-hybridized carbons (Fsp3) is 0.297. The zero-order valence-electron chi connectivity index (χ0n) is 27.3. The van der Waals surface area contributed by atoms with Gasteiger partial charge in [-0.05, 0) is 86.7 Å². The van der Waals surface area contributed by atoms with E-state index in [1.165, 1.54) is 4.90 Å². The number of carbonyl (C=O) groups excluding carboxylic acids is 2. The van der Waals surface area contributed by atoms with Crippen molar-refractivity contribution in [3.8, 4) is 0 Å². The van der Waals surface area contributed by atoms with Crippen LogP contribution < -0.4 is 9.62 Å². The first-order valence-corrected chi connectivity index (χ1v) is 17.7. The molecule has 7 nitrogen and oxygen atoms in total. The number of amides is 2. The molecule has 2 amide bonds. The van der Waals surface area contributed by atoms with Crippen LogP contribution in [0.3, 0.4) is 0 Å². The Bertz CT molecular complexity index is 1820. The Morgan fingerprint density at radius 1 is 0.830 bits per heavy atom. The van der Waals surface area contributed by atoms with Crippen molar-refractivity contribution in [3.05, 3.63) is 129 Å². The molecule has 0 spiro atoms. The molecule has 0 radical (unpaired) electrons. The second-order valence-corrected chi connectivity index (χ2v) is 14.5. The van der Waals surface area contributed by atoms with Crippen LogP contribution in [0.25, 0.3) is 0 Å². The van der Waals surface area contributed by atoms with Gasteiger partial charge in [0.2, 0.25) is 11.8 Å². The summed E-state index contributed by atoms with van der Waals surface area (Å²) in [7, 11) is -4.20. The predicted octanol–water partition coefficient (Wildman–Crippen LogP) is 7.67. The van der Waals surface area contributed by atoms with Gasteiger partial charge in [-0.3, -0.25) is 13.9 Å². The van der Waals surface area contributed by atoms with E-state index in [0.29, 0.717) is 27.7 Å². The van der Waals surface area contributed by atoms with Crippen molar-refractivity contribution in [1.29, 1.82) is 0 Å². The van der Waals surface area contributed by atoms with Crippen LogP contribution in [0, 0.1) is 20.8 Å². The van der Waals surface area contributed by atoms with Crippen LogP contribution in [0.15, 0.2) is 95.9 Å². The van der Waals surface area contributed by atoms with Crippen molar-refractivity contribution in [2.45, 2.75) is 71.0 Å². The van der Waals surface area contributed by atoms with Gasteiger partial charge in [0.05, 0.1) is 20.6 Å². The molecule has 0 aliphatic heterocycles. The van der Waals surface area contributed by atoms with Gasteiger partial charge in [0.15, 0.2) is 0 Å². The maximum absolute atomic E-state index is 14.7. The maximum Gasteiger partial charge on any atom is 0.264 e. The molecule has 0 unspecified atom stereocenters. The largest absolute Gasteiger partial charge is 0.352 e. The van der Waals surface area contributed by atoms with Crippen LogP contribution >= 0.6 is 23.2 Å². The molecular formula is C37H41Cl2N3O4S. The Labute approximate surface area is 288 Å². The highest BCUT2D eigenvalue weighted by Crippen LogP contribution is 2.30. The number of nitrogens with zero attached hydrogens (tertiary/aromatic N) is 2. The molecule has 2 atom stereocenters. The Kier molecular flexibility index (Phi) is 12.1. The number of sulfonamides is 1. The lowest BCUT2D eigenvalue weighted by molar-refractivity contribution is -0.140. The second kappa shape index (κ2) is 15.8. The molecular weight excluding hydrogens is 653 g/mol. The highest BCUT2D eigenvalue weighted by Gasteiger charge is 2.35. The van der Waals surface area contributed by atoms with Gasteiger partial charge in [0, 0.05) is 19.0 Å². The lowest BCUT2D eigenvalue weighted by Crippen LogP contribution is -2.54. The quantitative estimate of drug-likeness (QED) is 0.156. The zero-order chi connectivity index (χ0) is 34.3.